The molecule has 1 aromatic rings. The number of hydrogen-bond acceptors (Lipinski definition) is 3. The quantitative estimate of drug-likeness (QED) is 0.600. The smallest absolute Gasteiger partial charge is 0.191 e. The first kappa shape index (κ1) is 12.5. The maximum Gasteiger partial charge on any atom is 0.191 e. The lowest BCUT2D eigenvalue weighted by Gasteiger charge is -2.07. The van der Waals surface area contributed by atoms with Crippen LogP contribution in [0, 0.1) is 0 Å². The van der Waals surface area contributed by atoms with Crippen molar-refractivity contribution in [2.24, 2.45) is 4.99 Å². The normalized spacial score (nSPS) is 11.9. The van der Waals surface area contributed by atoms with Crippen LogP contribution >= 0.6 is 0 Å². The molecule has 0 fully saturated rings. The van der Waals surface area contributed by atoms with Crippen LogP contribution < -0.4 is 10.6 Å². The molecule has 90 valence electrons. The van der Waals surface area contributed by atoms with E-state index in [1.807, 2.05) is 13.0 Å². The maximum atomic E-state index is 5.20. The second-order valence-electron chi connectivity index (χ2n) is 3.83. The molecule has 1 heterocycles. The predicted molar refractivity (Wildman–Crippen MR) is 64.5 cm³/mol. The standard InChI is InChI=1S/C11H20N4O/c1-5-13-11(12-4)14-7-9-6-10(8(2)3)15-16-9/h6,8H,5,7H2,1-4H3,(H2,12,13,14). The molecule has 5 nitrogen and oxygen atoms in total. The summed E-state index contributed by atoms with van der Waals surface area (Å²) in [5.74, 6) is 1.98. The second kappa shape index (κ2) is 6.15. The number of rotatable bonds is 4. The highest BCUT2D eigenvalue weighted by Crippen LogP contribution is 2.13. The number of nitrogens with zero attached hydrogens (tertiary/aromatic N) is 2. The zero-order valence-corrected chi connectivity index (χ0v) is 10.4. The SMILES string of the molecule is CCNC(=NC)NCc1cc(C(C)C)no1. The van der Waals surface area contributed by atoms with E-state index in [0.717, 1.165) is 24.0 Å². The summed E-state index contributed by atoms with van der Waals surface area (Å²) in [7, 11) is 1.74. The monoisotopic (exact) mass is 224 g/mol. The van der Waals surface area contributed by atoms with Gasteiger partial charge in [-0.3, -0.25) is 4.99 Å². The highest BCUT2D eigenvalue weighted by atomic mass is 16.5. The van der Waals surface area contributed by atoms with E-state index in [2.05, 4.69) is 34.6 Å². The first-order valence-electron chi connectivity index (χ1n) is 5.57. The highest BCUT2D eigenvalue weighted by Gasteiger charge is 2.07. The van der Waals surface area contributed by atoms with Crippen LogP contribution in [0.3, 0.4) is 0 Å². The molecule has 0 spiro atoms. The van der Waals surface area contributed by atoms with E-state index in [0.29, 0.717) is 12.5 Å². The van der Waals surface area contributed by atoms with Gasteiger partial charge in [-0.05, 0) is 12.8 Å². The van der Waals surface area contributed by atoms with Gasteiger partial charge in [-0.1, -0.05) is 19.0 Å². The van der Waals surface area contributed by atoms with Crippen LogP contribution in [-0.2, 0) is 6.54 Å². The number of guanidine groups is 1. The minimum absolute atomic E-state index is 0.394. The Kier molecular flexibility index (Phi) is 4.82. The van der Waals surface area contributed by atoms with Crippen LogP contribution in [-0.4, -0.2) is 24.7 Å². The van der Waals surface area contributed by atoms with E-state index >= 15 is 0 Å². The second-order valence-corrected chi connectivity index (χ2v) is 3.83. The fraction of sp³-hybridized carbons (Fsp3) is 0.636. The molecule has 2 N–H and O–H groups in total. The van der Waals surface area contributed by atoms with Crippen molar-refractivity contribution in [2.45, 2.75) is 33.2 Å². The summed E-state index contributed by atoms with van der Waals surface area (Å²) in [6, 6.07) is 1.97. The van der Waals surface area contributed by atoms with Gasteiger partial charge < -0.3 is 15.2 Å². The number of aromatic nitrogens is 1. The topological polar surface area (TPSA) is 62.5 Å². The molecule has 0 bridgehead atoms. The maximum absolute atomic E-state index is 5.20. The molecule has 0 aliphatic heterocycles. The van der Waals surface area contributed by atoms with Crippen LogP contribution in [0.25, 0.3) is 0 Å². The zero-order chi connectivity index (χ0) is 12.0. The Morgan fingerprint density at radius 3 is 2.75 bits per heavy atom. The van der Waals surface area contributed by atoms with E-state index in [9.17, 15) is 0 Å². The molecular weight excluding hydrogens is 204 g/mol. The van der Waals surface area contributed by atoms with Crippen molar-refractivity contribution in [1.29, 1.82) is 0 Å². The van der Waals surface area contributed by atoms with Gasteiger partial charge >= 0.3 is 0 Å². The van der Waals surface area contributed by atoms with Gasteiger partial charge in [0.05, 0.1) is 12.2 Å². The largest absolute Gasteiger partial charge is 0.359 e. The molecular formula is C11H20N4O. The van der Waals surface area contributed by atoms with E-state index in [1.165, 1.54) is 0 Å². The molecule has 0 aromatic carbocycles. The van der Waals surface area contributed by atoms with Crippen LogP contribution in [0.4, 0.5) is 0 Å². The number of aliphatic imine (C=N–C) groups is 1. The Balaban J connectivity index is 2.47. The van der Waals surface area contributed by atoms with Gasteiger partial charge in [0.15, 0.2) is 11.7 Å². The van der Waals surface area contributed by atoms with Gasteiger partial charge in [-0.2, -0.15) is 0 Å². The molecule has 16 heavy (non-hydrogen) atoms. The molecule has 0 saturated carbocycles. The summed E-state index contributed by atoms with van der Waals surface area (Å²) in [4.78, 5) is 4.07. The van der Waals surface area contributed by atoms with Crippen LogP contribution in [0.1, 0.15) is 38.1 Å². The molecule has 0 aliphatic carbocycles. The minimum atomic E-state index is 0.394. The van der Waals surface area contributed by atoms with Crippen LogP contribution in [0.5, 0.6) is 0 Å². The van der Waals surface area contributed by atoms with Gasteiger partial charge in [0.1, 0.15) is 0 Å². The Labute approximate surface area is 96.3 Å². The van der Waals surface area contributed by atoms with Gasteiger partial charge in [0.25, 0.3) is 0 Å². The van der Waals surface area contributed by atoms with Crippen molar-refractivity contribution in [3.05, 3.63) is 17.5 Å². The van der Waals surface area contributed by atoms with Crippen molar-refractivity contribution >= 4 is 5.96 Å². The Bertz CT molecular complexity index is 344. The Morgan fingerprint density at radius 1 is 1.50 bits per heavy atom. The molecule has 0 radical (unpaired) electrons. The molecule has 1 aromatic heterocycles. The third kappa shape index (κ3) is 3.56. The predicted octanol–water partition coefficient (Wildman–Crippen LogP) is 1.48. The first-order valence-corrected chi connectivity index (χ1v) is 5.57. The van der Waals surface area contributed by atoms with Gasteiger partial charge in [0, 0.05) is 19.7 Å². The first-order chi connectivity index (χ1) is 7.67. The fourth-order valence-electron chi connectivity index (χ4n) is 1.24. The summed E-state index contributed by atoms with van der Waals surface area (Å²) < 4.78 is 5.20. The van der Waals surface area contributed by atoms with Gasteiger partial charge in [-0.25, -0.2) is 0 Å². The lowest BCUT2D eigenvalue weighted by Crippen LogP contribution is -2.36. The Morgan fingerprint density at radius 2 is 2.25 bits per heavy atom. The van der Waals surface area contributed by atoms with Crippen molar-refractivity contribution in [2.75, 3.05) is 13.6 Å². The molecule has 0 saturated heterocycles. The van der Waals surface area contributed by atoms with E-state index in [-0.39, 0.29) is 0 Å². The van der Waals surface area contributed by atoms with Crippen molar-refractivity contribution in [1.82, 2.24) is 15.8 Å². The van der Waals surface area contributed by atoms with E-state index in [1.54, 1.807) is 7.05 Å². The molecule has 0 unspecified atom stereocenters. The third-order valence-electron chi connectivity index (χ3n) is 2.17. The summed E-state index contributed by atoms with van der Waals surface area (Å²) in [5.41, 5.74) is 0.982. The number of hydrogen-bond donors (Lipinski definition) is 2. The highest BCUT2D eigenvalue weighted by molar-refractivity contribution is 5.79. The lowest BCUT2D eigenvalue weighted by atomic mass is 10.1. The lowest BCUT2D eigenvalue weighted by molar-refractivity contribution is 0.372. The summed E-state index contributed by atoms with van der Waals surface area (Å²) in [5, 5.41) is 10.2. The van der Waals surface area contributed by atoms with Crippen molar-refractivity contribution < 1.29 is 4.52 Å². The average molecular weight is 224 g/mol. The van der Waals surface area contributed by atoms with Gasteiger partial charge in [-0.15, -0.1) is 0 Å². The molecule has 5 heteroatoms. The number of nitrogens with one attached hydrogen (secondary N) is 2. The van der Waals surface area contributed by atoms with Gasteiger partial charge in [0.2, 0.25) is 0 Å². The molecule has 1 rings (SSSR count). The van der Waals surface area contributed by atoms with Crippen molar-refractivity contribution in [3.63, 3.8) is 0 Å². The van der Waals surface area contributed by atoms with E-state index < -0.39 is 0 Å². The van der Waals surface area contributed by atoms with Crippen molar-refractivity contribution in [3.8, 4) is 0 Å². The molecule has 0 aliphatic rings. The Hall–Kier alpha value is -1.52. The summed E-state index contributed by atoms with van der Waals surface area (Å²) in [6.45, 7) is 7.64. The molecule has 0 atom stereocenters. The molecule has 0 amide bonds. The van der Waals surface area contributed by atoms with Crippen LogP contribution in [0.15, 0.2) is 15.6 Å². The minimum Gasteiger partial charge on any atom is -0.359 e. The third-order valence-corrected chi connectivity index (χ3v) is 2.17. The van der Waals surface area contributed by atoms with Crippen LogP contribution in [0.2, 0.25) is 0 Å². The zero-order valence-electron chi connectivity index (χ0n) is 10.4. The van der Waals surface area contributed by atoms with E-state index in [4.69, 9.17) is 4.52 Å². The summed E-state index contributed by atoms with van der Waals surface area (Å²) in [6.07, 6.45) is 0. The summed E-state index contributed by atoms with van der Waals surface area (Å²) >= 11 is 0. The fourth-order valence-corrected chi connectivity index (χ4v) is 1.24. The average Bonchev–Trinajstić information content (AvgIpc) is 2.73.